The summed E-state index contributed by atoms with van der Waals surface area (Å²) in [6, 6.07) is 0.214. The lowest BCUT2D eigenvalue weighted by molar-refractivity contribution is -0.0739. The molecule has 1 aromatic heterocycles. The van der Waals surface area contributed by atoms with E-state index < -0.39 is 0 Å². The first kappa shape index (κ1) is 17.7. The summed E-state index contributed by atoms with van der Waals surface area (Å²) in [5.41, 5.74) is 3.11. The molecular formula is C20H29N3O3. The van der Waals surface area contributed by atoms with Crippen molar-refractivity contribution in [3.8, 4) is 0 Å². The van der Waals surface area contributed by atoms with E-state index in [0.29, 0.717) is 6.61 Å². The van der Waals surface area contributed by atoms with Gasteiger partial charge in [-0.1, -0.05) is 25.0 Å². The zero-order valence-electron chi connectivity index (χ0n) is 15.6. The Labute approximate surface area is 154 Å². The van der Waals surface area contributed by atoms with Gasteiger partial charge in [-0.25, -0.2) is 0 Å². The molecule has 4 rings (SSSR count). The minimum atomic E-state index is -0.0371. The number of hydrogen-bond donors (Lipinski definition) is 1. The van der Waals surface area contributed by atoms with Gasteiger partial charge in [0, 0.05) is 30.3 Å². The molecule has 0 bridgehead atoms. The predicted octanol–water partition coefficient (Wildman–Crippen LogP) is 2.72. The van der Waals surface area contributed by atoms with E-state index in [1.807, 2.05) is 0 Å². The summed E-state index contributed by atoms with van der Waals surface area (Å²) in [7, 11) is 0. The maximum Gasteiger partial charge on any atom is 0.257 e. The van der Waals surface area contributed by atoms with Crippen LogP contribution in [0.5, 0.6) is 0 Å². The Balaban J connectivity index is 1.65. The molecule has 0 spiro atoms. The number of hydrogen-bond acceptors (Lipinski definition) is 4. The van der Waals surface area contributed by atoms with Crippen LogP contribution in [-0.4, -0.2) is 60.0 Å². The van der Waals surface area contributed by atoms with E-state index in [4.69, 9.17) is 9.47 Å². The van der Waals surface area contributed by atoms with E-state index in [0.717, 1.165) is 76.1 Å². The summed E-state index contributed by atoms with van der Waals surface area (Å²) in [4.78, 5) is 15.5. The first-order chi connectivity index (χ1) is 12.8. The Morgan fingerprint density at radius 1 is 1.42 bits per heavy atom. The maximum absolute atomic E-state index is 13.4. The molecule has 2 atom stereocenters. The lowest BCUT2D eigenvalue weighted by Gasteiger charge is -2.54. The largest absolute Gasteiger partial charge is 0.380 e. The average Bonchev–Trinajstić information content (AvgIpc) is 3.16. The van der Waals surface area contributed by atoms with Gasteiger partial charge in [-0.05, 0) is 32.1 Å². The van der Waals surface area contributed by atoms with Crippen LogP contribution in [0, 0.1) is 5.41 Å². The van der Waals surface area contributed by atoms with Crippen LogP contribution < -0.4 is 0 Å². The average molecular weight is 359 g/mol. The highest BCUT2D eigenvalue weighted by molar-refractivity contribution is 5.95. The lowest BCUT2D eigenvalue weighted by atomic mass is 9.65. The quantitative estimate of drug-likeness (QED) is 0.840. The highest BCUT2D eigenvalue weighted by atomic mass is 16.5. The van der Waals surface area contributed by atoms with E-state index in [-0.39, 0.29) is 17.4 Å². The summed E-state index contributed by atoms with van der Waals surface area (Å²) in [6.07, 6.45) is 9.77. The first-order valence-electron chi connectivity index (χ1n) is 9.94. The molecule has 2 saturated heterocycles. The van der Waals surface area contributed by atoms with Crippen molar-refractivity contribution < 1.29 is 14.3 Å². The molecule has 3 aliphatic heterocycles. The Kier molecular flexibility index (Phi) is 5.14. The third-order valence-electron chi connectivity index (χ3n) is 6.24. The van der Waals surface area contributed by atoms with Gasteiger partial charge in [-0.2, -0.15) is 5.10 Å². The zero-order valence-corrected chi connectivity index (χ0v) is 15.6. The van der Waals surface area contributed by atoms with Gasteiger partial charge in [0.1, 0.15) is 0 Å². The first-order valence-corrected chi connectivity index (χ1v) is 9.94. The van der Waals surface area contributed by atoms with Crippen LogP contribution in [0.2, 0.25) is 0 Å². The lowest BCUT2D eigenvalue weighted by Crippen LogP contribution is -2.59. The van der Waals surface area contributed by atoms with Crippen molar-refractivity contribution in [3.63, 3.8) is 0 Å². The Morgan fingerprint density at radius 2 is 2.35 bits per heavy atom. The molecule has 1 amide bonds. The molecule has 1 aromatic rings. The monoisotopic (exact) mass is 359 g/mol. The van der Waals surface area contributed by atoms with E-state index in [1.54, 1.807) is 6.20 Å². The van der Waals surface area contributed by atoms with Crippen LogP contribution in [0.25, 0.3) is 0 Å². The number of aromatic nitrogens is 2. The van der Waals surface area contributed by atoms with Crippen LogP contribution in [0.3, 0.4) is 0 Å². The van der Waals surface area contributed by atoms with Crippen LogP contribution in [0.1, 0.15) is 55.1 Å². The number of ether oxygens (including phenoxy) is 2. The van der Waals surface area contributed by atoms with Crippen molar-refractivity contribution in [1.82, 2.24) is 15.1 Å². The number of amides is 1. The molecule has 0 aliphatic carbocycles. The van der Waals surface area contributed by atoms with Gasteiger partial charge in [-0.15, -0.1) is 0 Å². The smallest absolute Gasteiger partial charge is 0.257 e. The molecule has 6 heteroatoms. The summed E-state index contributed by atoms with van der Waals surface area (Å²) < 4.78 is 11.5. The molecule has 142 valence electrons. The van der Waals surface area contributed by atoms with E-state index in [1.165, 1.54) is 5.57 Å². The van der Waals surface area contributed by atoms with Gasteiger partial charge in [0.15, 0.2) is 0 Å². The van der Waals surface area contributed by atoms with Gasteiger partial charge >= 0.3 is 0 Å². The normalized spacial score (nSPS) is 29.2. The van der Waals surface area contributed by atoms with Crippen molar-refractivity contribution in [2.75, 3.05) is 33.0 Å². The molecular weight excluding hydrogens is 330 g/mol. The molecule has 4 heterocycles. The van der Waals surface area contributed by atoms with Crippen molar-refractivity contribution in [3.05, 3.63) is 29.1 Å². The van der Waals surface area contributed by atoms with Gasteiger partial charge in [0.05, 0.1) is 31.6 Å². The second-order valence-corrected chi connectivity index (χ2v) is 7.68. The number of nitrogens with zero attached hydrogens (tertiary/aromatic N) is 2. The highest BCUT2D eigenvalue weighted by Crippen LogP contribution is 2.48. The Bertz CT molecular complexity index is 680. The van der Waals surface area contributed by atoms with E-state index in [2.05, 4.69) is 28.1 Å². The number of fused-ring (bicyclic) bond motifs is 1. The standard InChI is InChI=1S/C20H29N3O3/c1-2-4-17-16(13-21-22-17)19(24)23-9-3-8-20(14-26-12-7-18(20)23)15-5-10-25-11-6-15/h5,13,18H,2-4,6-12,14H2,1H3,(H,21,22)/t18-,20-/m1/s1. The summed E-state index contributed by atoms with van der Waals surface area (Å²) >= 11 is 0. The second kappa shape index (κ2) is 7.53. The molecule has 0 radical (unpaired) electrons. The molecule has 6 nitrogen and oxygen atoms in total. The molecule has 3 aliphatic rings. The molecule has 0 saturated carbocycles. The van der Waals surface area contributed by atoms with E-state index in [9.17, 15) is 4.79 Å². The molecule has 2 fully saturated rings. The van der Waals surface area contributed by atoms with Crippen molar-refractivity contribution in [2.45, 2.75) is 51.5 Å². The van der Waals surface area contributed by atoms with Gasteiger partial charge in [-0.3, -0.25) is 9.89 Å². The number of piperidine rings is 1. The maximum atomic E-state index is 13.4. The third kappa shape index (κ3) is 2.99. The molecule has 0 unspecified atom stereocenters. The van der Waals surface area contributed by atoms with Crippen molar-refractivity contribution in [2.24, 2.45) is 5.41 Å². The van der Waals surface area contributed by atoms with Gasteiger partial charge in [0.25, 0.3) is 5.91 Å². The minimum absolute atomic E-state index is 0.0371. The highest BCUT2D eigenvalue weighted by Gasteiger charge is 2.50. The fourth-order valence-electron chi connectivity index (χ4n) is 5.02. The Hall–Kier alpha value is -1.66. The summed E-state index contributed by atoms with van der Waals surface area (Å²) in [5.74, 6) is 0.130. The van der Waals surface area contributed by atoms with Crippen LogP contribution >= 0.6 is 0 Å². The summed E-state index contributed by atoms with van der Waals surface area (Å²) in [6.45, 7) is 5.85. The van der Waals surface area contributed by atoms with E-state index >= 15 is 0 Å². The summed E-state index contributed by atoms with van der Waals surface area (Å²) in [5, 5.41) is 7.16. The molecule has 26 heavy (non-hydrogen) atoms. The number of aromatic amines is 1. The van der Waals surface area contributed by atoms with Crippen LogP contribution in [0.15, 0.2) is 17.8 Å². The SMILES string of the molecule is CCCc1[nH]ncc1C(=O)N1CCC[C@]2(C3=CCOCC3)COCC[C@@H]12. The van der Waals surface area contributed by atoms with Crippen molar-refractivity contribution in [1.29, 1.82) is 0 Å². The van der Waals surface area contributed by atoms with Gasteiger partial charge in [0.2, 0.25) is 0 Å². The number of aryl methyl sites for hydroxylation is 1. The van der Waals surface area contributed by atoms with Crippen LogP contribution in [-0.2, 0) is 15.9 Å². The Morgan fingerprint density at radius 3 is 3.15 bits per heavy atom. The number of carbonyl (C=O) groups excluding carboxylic acids is 1. The topological polar surface area (TPSA) is 67.5 Å². The minimum Gasteiger partial charge on any atom is -0.380 e. The van der Waals surface area contributed by atoms with Crippen molar-refractivity contribution >= 4 is 5.91 Å². The number of rotatable bonds is 4. The molecule has 1 N–H and O–H groups in total. The zero-order chi connectivity index (χ0) is 18.0. The number of nitrogens with one attached hydrogen (secondary N) is 1. The predicted molar refractivity (Wildman–Crippen MR) is 98.0 cm³/mol. The second-order valence-electron chi connectivity index (χ2n) is 7.68. The van der Waals surface area contributed by atoms with Gasteiger partial charge < -0.3 is 14.4 Å². The fourth-order valence-corrected chi connectivity index (χ4v) is 5.02. The van der Waals surface area contributed by atoms with Crippen LogP contribution in [0.4, 0.5) is 0 Å². The number of H-pyrrole nitrogens is 1. The molecule has 0 aromatic carbocycles. The number of likely N-dealkylation sites (tertiary alicyclic amines) is 1. The number of carbonyl (C=O) groups is 1. The fraction of sp³-hybridized carbons (Fsp3) is 0.700. The third-order valence-corrected chi connectivity index (χ3v) is 6.24.